The van der Waals surface area contributed by atoms with Gasteiger partial charge in [-0.25, -0.2) is 0 Å². The van der Waals surface area contributed by atoms with Crippen LogP contribution in [0.5, 0.6) is 0 Å². The Bertz CT molecular complexity index is 381. The summed E-state index contributed by atoms with van der Waals surface area (Å²) in [7, 11) is 0. The van der Waals surface area contributed by atoms with Gasteiger partial charge >= 0.3 is 0 Å². The van der Waals surface area contributed by atoms with Crippen molar-refractivity contribution in [2.45, 2.75) is 38.4 Å². The Balaban J connectivity index is 2.97. The second kappa shape index (κ2) is 4.77. The van der Waals surface area contributed by atoms with Gasteiger partial charge in [0.2, 0.25) is 0 Å². The molecule has 0 heterocycles. The Morgan fingerprint density at radius 3 is 2.12 bits per heavy atom. The van der Waals surface area contributed by atoms with E-state index in [9.17, 15) is 10.2 Å². The summed E-state index contributed by atoms with van der Waals surface area (Å²) in [5, 5.41) is 20.1. The van der Waals surface area contributed by atoms with E-state index in [1.54, 1.807) is 20.8 Å². The van der Waals surface area contributed by atoms with E-state index in [2.05, 4.69) is 31.9 Å². The average molecular weight is 352 g/mol. The van der Waals surface area contributed by atoms with Crippen LogP contribution in [0.2, 0.25) is 0 Å². The van der Waals surface area contributed by atoms with Gasteiger partial charge in [0.25, 0.3) is 0 Å². The van der Waals surface area contributed by atoms with Crippen molar-refractivity contribution in [1.29, 1.82) is 0 Å². The molecule has 1 aromatic carbocycles. The molecule has 2 nitrogen and oxygen atoms in total. The van der Waals surface area contributed by atoms with E-state index in [0.29, 0.717) is 6.42 Å². The van der Waals surface area contributed by atoms with Crippen molar-refractivity contribution >= 4 is 31.9 Å². The first kappa shape index (κ1) is 14.2. The summed E-state index contributed by atoms with van der Waals surface area (Å²) < 4.78 is 1.90. The van der Waals surface area contributed by atoms with Crippen LogP contribution in [-0.2, 0) is 6.42 Å². The van der Waals surface area contributed by atoms with Gasteiger partial charge in [0.1, 0.15) is 0 Å². The summed E-state index contributed by atoms with van der Waals surface area (Å²) in [4.78, 5) is 0. The molecule has 0 amide bonds. The third-order valence-electron chi connectivity index (χ3n) is 2.87. The van der Waals surface area contributed by atoms with E-state index in [4.69, 9.17) is 0 Å². The lowest BCUT2D eigenvalue weighted by molar-refractivity contribution is -0.118. The zero-order valence-corrected chi connectivity index (χ0v) is 12.8. The molecule has 90 valence electrons. The minimum Gasteiger partial charge on any atom is -0.387 e. The Labute approximate surface area is 113 Å². The molecular weight excluding hydrogens is 336 g/mol. The van der Waals surface area contributed by atoms with E-state index in [-0.39, 0.29) is 0 Å². The third kappa shape index (κ3) is 3.29. The Kier molecular flexibility index (Phi) is 4.22. The first-order chi connectivity index (χ1) is 7.13. The highest BCUT2D eigenvalue weighted by atomic mass is 79.9. The molecule has 16 heavy (non-hydrogen) atoms. The van der Waals surface area contributed by atoms with E-state index in [0.717, 1.165) is 14.5 Å². The minimum atomic E-state index is -1.16. The highest BCUT2D eigenvalue weighted by Crippen LogP contribution is 2.30. The predicted molar refractivity (Wildman–Crippen MR) is 72.5 cm³/mol. The SMILES string of the molecule is CC(C)(O)C(C)(O)Cc1ccc(Br)cc1Br. The van der Waals surface area contributed by atoms with Gasteiger partial charge in [-0.05, 0) is 38.5 Å². The van der Waals surface area contributed by atoms with Gasteiger partial charge in [-0.2, -0.15) is 0 Å². The van der Waals surface area contributed by atoms with Crippen molar-refractivity contribution in [1.82, 2.24) is 0 Å². The summed E-state index contributed by atoms with van der Waals surface area (Å²) >= 11 is 6.82. The van der Waals surface area contributed by atoms with Crippen LogP contribution in [0.25, 0.3) is 0 Å². The number of hydrogen-bond acceptors (Lipinski definition) is 2. The second-order valence-corrected chi connectivity index (χ2v) is 6.52. The van der Waals surface area contributed by atoms with Gasteiger partial charge < -0.3 is 10.2 Å². The summed E-state index contributed by atoms with van der Waals surface area (Å²) in [5.74, 6) is 0. The lowest BCUT2D eigenvalue weighted by Gasteiger charge is -2.36. The maximum atomic E-state index is 10.2. The van der Waals surface area contributed by atoms with Gasteiger partial charge in [0.05, 0.1) is 11.2 Å². The molecule has 0 aliphatic heterocycles. The molecular formula is C12H16Br2O2. The van der Waals surface area contributed by atoms with Gasteiger partial charge in [-0.15, -0.1) is 0 Å². The molecule has 1 unspecified atom stereocenters. The molecule has 1 aromatic rings. The largest absolute Gasteiger partial charge is 0.387 e. The molecule has 1 atom stereocenters. The lowest BCUT2D eigenvalue weighted by Crippen LogP contribution is -2.49. The molecule has 0 aliphatic rings. The number of aliphatic hydroxyl groups is 2. The van der Waals surface area contributed by atoms with Crippen LogP contribution in [0, 0.1) is 0 Å². The maximum Gasteiger partial charge on any atom is 0.0940 e. The molecule has 0 fully saturated rings. The minimum absolute atomic E-state index is 0.393. The van der Waals surface area contributed by atoms with Crippen LogP contribution >= 0.6 is 31.9 Å². The van der Waals surface area contributed by atoms with Crippen LogP contribution in [0.3, 0.4) is 0 Å². The Hall–Kier alpha value is 0.1000. The van der Waals surface area contributed by atoms with Crippen LogP contribution < -0.4 is 0 Å². The highest BCUT2D eigenvalue weighted by molar-refractivity contribution is 9.11. The molecule has 4 heteroatoms. The molecule has 0 saturated heterocycles. The monoisotopic (exact) mass is 350 g/mol. The standard InChI is InChI=1S/C12H16Br2O2/c1-11(2,15)12(3,16)7-8-4-5-9(13)6-10(8)14/h4-6,15-16H,7H2,1-3H3. The Morgan fingerprint density at radius 1 is 1.12 bits per heavy atom. The van der Waals surface area contributed by atoms with Gasteiger partial charge in [0.15, 0.2) is 0 Å². The topological polar surface area (TPSA) is 40.5 Å². The number of halogens is 2. The molecule has 0 aromatic heterocycles. The fourth-order valence-electron chi connectivity index (χ4n) is 1.25. The van der Waals surface area contributed by atoms with Crippen LogP contribution in [-0.4, -0.2) is 21.4 Å². The maximum absolute atomic E-state index is 10.2. The molecule has 0 spiro atoms. The molecule has 2 N–H and O–H groups in total. The van der Waals surface area contributed by atoms with E-state index in [1.807, 2.05) is 18.2 Å². The van der Waals surface area contributed by atoms with Gasteiger partial charge in [0, 0.05) is 15.4 Å². The van der Waals surface area contributed by atoms with Crippen LogP contribution in [0.1, 0.15) is 26.3 Å². The number of hydrogen-bond donors (Lipinski definition) is 2. The third-order valence-corrected chi connectivity index (χ3v) is 4.10. The first-order valence-corrected chi connectivity index (χ1v) is 6.61. The second-order valence-electron chi connectivity index (χ2n) is 4.75. The van der Waals surface area contributed by atoms with E-state index < -0.39 is 11.2 Å². The lowest BCUT2D eigenvalue weighted by atomic mass is 9.82. The fraction of sp³-hybridized carbons (Fsp3) is 0.500. The van der Waals surface area contributed by atoms with E-state index >= 15 is 0 Å². The zero-order valence-electron chi connectivity index (χ0n) is 9.59. The molecule has 0 bridgehead atoms. The smallest absolute Gasteiger partial charge is 0.0940 e. The summed E-state index contributed by atoms with van der Waals surface area (Å²) in [5.41, 5.74) is -1.33. The van der Waals surface area contributed by atoms with Crippen molar-refractivity contribution in [2.24, 2.45) is 0 Å². The van der Waals surface area contributed by atoms with Crippen LogP contribution in [0.4, 0.5) is 0 Å². The van der Waals surface area contributed by atoms with E-state index in [1.165, 1.54) is 0 Å². The summed E-state index contributed by atoms with van der Waals surface area (Å²) in [6.07, 6.45) is 0.393. The van der Waals surface area contributed by atoms with Crippen molar-refractivity contribution in [3.8, 4) is 0 Å². The molecule has 0 saturated carbocycles. The normalized spacial score (nSPS) is 15.9. The fourth-order valence-corrected chi connectivity index (χ4v) is 2.44. The number of rotatable bonds is 3. The van der Waals surface area contributed by atoms with Crippen molar-refractivity contribution in [3.05, 3.63) is 32.7 Å². The Morgan fingerprint density at radius 2 is 1.69 bits per heavy atom. The summed E-state index contributed by atoms with van der Waals surface area (Å²) in [6.45, 7) is 4.86. The quantitative estimate of drug-likeness (QED) is 0.877. The highest BCUT2D eigenvalue weighted by Gasteiger charge is 2.37. The van der Waals surface area contributed by atoms with Crippen LogP contribution in [0.15, 0.2) is 27.1 Å². The molecule has 1 rings (SSSR count). The van der Waals surface area contributed by atoms with Crippen molar-refractivity contribution in [3.63, 3.8) is 0 Å². The van der Waals surface area contributed by atoms with Crippen molar-refractivity contribution in [2.75, 3.05) is 0 Å². The van der Waals surface area contributed by atoms with Gasteiger partial charge in [-0.1, -0.05) is 37.9 Å². The predicted octanol–water partition coefficient (Wildman–Crippen LogP) is 3.28. The zero-order chi connectivity index (χ0) is 12.6. The summed E-state index contributed by atoms with van der Waals surface area (Å²) in [6, 6.07) is 5.77. The number of benzene rings is 1. The van der Waals surface area contributed by atoms with Gasteiger partial charge in [-0.3, -0.25) is 0 Å². The van der Waals surface area contributed by atoms with Crippen molar-refractivity contribution < 1.29 is 10.2 Å². The molecule has 0 radical (unpaired) electrons. The first-order valence-electron chi connectivity index (χ1n) is 5.02. The average Bonchev–Trinajstić information content (AvgIpc) is 2.08. The molecule has 0 aliphatic carbocycles.